The van der Waals surface area contributed by atoms with Crippen molar-refractivity contribution < 1.29 is 13.9 Å². The SMILES string of the molecule is COC(=O)[C@H]1CCCN(Cc2coc(-c3cccs3)n2)C1. The van der Waals surface area contributed by atoms with Crippen molar-refractivity contribution in [3.63, 3.8) is 0 Å². The van der Waals surface area contributed by atoms with E-state index in [4.69, 9.17) is 9.15 Å². The number of oxazole rings is 1. The maximum absolute atomic E-state index is 11.6. The molecule has 1 saturated heterocycles. The maximum Gasteiger partial charge on any atom is 0.309 e. The van der Waals surface area contributed by atoms with Crippen LogP contribution in [0.3, 0.4) is 0 Å². The van der Waals surface area contributed by atoms with Crippen molar-refractivity contribution in [1.82, 2.24) is 9.88 Å². The zero-order chi connectivity index (χ0) is 14.7. The van der Waals surface area contributed by atoms with Crippen LogP contribution in [0.2, 0.25) is 0 Å². The van der Waals surface area contributed by atoms with E-state index in [2.05, 4.69) is 9.88 Å². The Morgan fingerprint density at radius 2 is 2.52 bits per heavy atom. The van der Waals surface area contributed by atoms with Crippen LogP contribution < -0.4 is 0 Å². The van der Waals surface area contributed by atoms with E-state index in [-0.39, 0.29) is 11.9 Å². The summed E-state index contributed by atoms with van der Waals surface area (Å²) in [6.45, 7) is 2.42. The molecule has 0 unspecified atom stereocenters. The minimum atomic E-state index is -0.112. The number of ether oxygens (including phenoxy) is 1. The molecule has 21 heavy (non-hydrogen) atoms. The van der Waals surface area contributed by atoms with Gasteiger partial charge in [-0.2, -0.15) is 0 Å². The van der Waals surface area contributed by atoms with E-state index < -0.39 is 0 Å². The number of aromatic nitrogens is 1. The number of esters is 1. The molecule has 1 aliphatic heterocycles. The second-order valence-corrected chi connectivity index (χ2v) is 6.17. The van der Waals surface area contributed by atoms with Gasteiger partial charge in [-0.15, -0.1) is 11.3 Å². The van der Waals surface area contributed by atoms with Crippen molar-refractivity contribution in [1.29, 1.82) is 0 Å². The molecular formula is C15H18N2O3S. The Morgan fingerprint density at radius 3 is 3.29 bits per heavy atom. The number of hydrogen-bond donors (Lipinski definition) is 0. The summed E-state index contributed by atoms with van der Waals surface area (Å²) < 4.78 is 10.4. The fraction of sp³-hybridized carbons (Fsp3) is 0.467. The van der Waals surface area contributed by atoms with Crippen molar-refractivity contribution >= 4 is 17.3 Å². The van der Waals surface area contributed by atoms with Gasteiger partial charge in [-0.3, -0.25) is 9.69 Å². The largest absolute Gasteiger partial charge is 0.469 e. The summed E-state index contributed by atoms with van der Waals surface area (Å²) in [6, 6.07) is 3.98. The molecule has 6 heteroatoms. The zero-order valence-corrected chi connectivity index (χ0v) is 12.8. The number of methoxy groups -OCH3 is 1. The predicted molar refractivity (Wildman–Crippen MR) is 79.8 cm³/mol. The van der Waals surface area contributed by atoms with Crippen LogP contribution in [0.1, 0.15) is 18.5 Å². The minimum absolute atomic E-state index is 0.0209. The zero-order valence-electron chi connectivity index (χ0n) is 11.9. The van der Waals surface area contributed by atoms with E-state index in [1.165, 1.54) is 7.11 Å². The van der Waals surface area contributed by atoms with Crippen LogP contribution in [0.25, 0.3) is 10.8 Å². The summed E-state index contributed by atoms with van der Waals surface area (Å²) in [7, 11) is 1.45. The summed E-state index contributed by atoms with van der Waals surface area (Å²) >= 11 is 1.61. The minimum Gasteiger partial charge on any atom is -0.469 e. The topological polar surface area (TPSA) is 55.6 Å². The van der Waals surface area contributed by atoms with Crippen LogP contribution in [0.5, 0.6) is 0 Å². The van der Waals surface area contributed by atoms with E-state index >= 15 is 0 Å². The first kappa shape index (κ1) is 14.3. The summed E-state index contributed by atoms with van der Waals surface area (Å²) in [5.41, 5.74) is 0.906. The van der Waals surface area contributed by atoms with Gasteiger partial charge < -0.3 is 9.15 Å². The average molecular weight is 306 g/mol. The Labute approximate surface area is 127 Å². The molecule has 0 saturated carbocycles. The first-order chi connectivity index (χ1) is 10.3. The fourth-order valence-electron chi connectivity index (χ4n) is 2.68. The number of nitrogens with zero attached hydrogens (tertiary/aromatic N) is 2. The fourth-order valence-corrected chi connectivity index (χ4v) is 3.34. The van der Waals surface area contributed by atoms with E-state index in [1.54, 1.807) is 17.6 Å². The van der Waals surface area contributed by atoms with Gasteiger partial charge in [0, 0.05) is 13.1 Å². The molecule has 0 bridgehead atoms. The summed E-state index contributed by atoms with van der Waals surface area (Å²) in [5, 5.41) is 2.00. The van der Waals surface area contributed by atoms with Crippen LogP contribution in [-0.2, 0) is 16.1 Å². The van der Waals surface area contributed by atoms with Crippen molar-refractivity contribution in [2.24, 2.45) is 5.92 Å². The van der Waals surface area contributed by atoms with Gasteiger partial charge in [-0.05, 0) is 30.8 Å². The van der Waals surface area contributed by atoms with Crippen LogP contribution >= 0.6 is 11.3 Å². The number of carbonyl (C=O) groups excluding carboxylic acids is 1. The Morgan fingerprint density at radius 1 is 1.62 bits per heavy atom. The average Bonchev–Trinajstić information content (AvgIpc) is 3.17. The Hall–Kier alpha value is -1.66. The monoisotopic (exact) mass is 306 g/mol. The molecule has 5 nitrogen and oxygen atoms in total. The lowest BCUT2D eigenvalue weighted by molar-refractivity contribution is -0.147. The third-order valence-electron chi connectivity index (χ3n) is 3.71. The lowest BCUT2D eigenvalue weighted by Crippen LogP contribution is -2.38. The highest BCUT2D eigenvalue weighted by Crippen LogP contribution is 2.25. The molecule has 0 radical (unpaired) electrons. The molecule has 3 rings (SSSR count). The maximum atomic E-state index is 11.6. The third-order valence-corrected chi connectivity index (χ3v) is 4.57. The predicted octanol–water partition coefficient (Wildman–Crippen LogP) is 2.79. The van der Waals surface area contributed by atoms with Crippen LogP contribution in [-0.4, -0.2) is 36.1 Å². The second-order valence-electron chi connectivity index (χ2n) is 5.22. The van der Waals surface area contributed by atoms with Gasteiger partial charge >= 0.3 is 5.97 Å². The lowest BCUT2D eigenvalue weighted by atomic mass is 9.98. The molecule has 3 heterocycles. The van der Waals surface area contributed by atoms with Crippen molar-refractivity contribution in [3.8, 4) is 10.8 Å². The molecule has 2 aromatic rings. The van der Waals surface area contributed by atoms with E-state index in [1.807, 2.05) is 17.5 Å². The van der Waals surface area contributed by atoms with Gasteiger partial charge in [0.15, 0.2) is 0 Å². The van der Waals surface area contributed by atoms with E-state index in [9.17, 15) is 4.79 Å². The Kier molecular flexibility index (Phi) is 4.36. The molecular weight excluding hydrogens is 288 g/mol. The quantitative estimate of drug-likeness (QED) is 0.813. The van der Waals surface area contributed by atoms with Crippen LogP contribution in [0.4, 0.5) is 0 Å². The number of piperidine rings is 1. The normalized spacial score (nSPS) is 19.6. The summed E-state index contributed by atoms with van der Waals surface area (Å²) in [6.07, 6.45) is 3.62. The van der Waals surface area contributed by atoms with Gasteiger partial charge in [0.05, 0.1) is 23.6 Å². The third kappa shape index (κ3) is 3.33. The van der Waals surface area contributed by atoms with Gasteiger partial charge in [0.2, 0.25) is 5.89 Å². The molecule has 1 atom stereocenters. The molecule has 2 aromatic heterocycles. The van der Waals surface area contributed by atoms with Gasteiger partial charge in [0.1, 0.15) is 6.26 Å². The number of rotatable bonds is 4. The highest BCUT2D eigenvalue weighted by atomic mass is 32.1. The van der Waals surface area contributed by atoms with Gasteiger partial charge in [-0.25, -0.2) is 4.98 Å². The first-order valence-electron chi connectivity index (χ1n) is 7.04. The molecule has 0 N–H and O–H groups in total. The first-order valence-corrected chi connectivity index (χ1v) is 7.92. The molecule has 1 fully saturated rings. The Balaban J connectivity index is 1.62. The molecule has 112 valence electrons. The number of thiophene rings is 1. The number of likely N-dealkylation sites (tertiary alicyclic amines) is 1. The standard InChI is InChI=1S/C15H18N2O3S/c1-19-15(18)11-4-2-6-17(8-11)9-12-10-20-14(16-12)13-5-3-7-21-13/h3,5,7,10-11H,2,4,6,8-9H2,1H3/t11-/m0/s1. The van der Waals surface area contributed by atoms with Crippen molar-refractivity contribution in [2.75, 3.05) is 20.2 Å². The van der Waals surface area contributed by atoms with Crippen molar-refractivity contribution in [2.45, 2.75) is 19.4 Å². The molecule has 1 aliphatic rings. The van der Waals surface area contributed by atoms with Crippen molar-refractivity contribution in [3.05, 3.63) is 29.5 Å². The van der Waals surface area contributed by atoms with E-state index in [0.717, 1.165) is 36.5 Å². The number of hydrogen-bond acceptors (Lipinski definition) is 6. The highest BCUT2D eigenvalue weighted by Gasteiger charge is 2.26. The lowest BCUT2D eigenvalue weighted by Gasteiger charge is -2.30. The van der Waals surface area contributed by atoms with E-state index in [0.29, 0.717) is 12.4 Å². The molecule has 0 amide bonds. The van der Waals surface area contributed by atoms with Crippen LogP contribution in [0, 0.1) is 5.92 Å². The Bertz CT molecular complexity index is 594. The molecule has 0 spiro atoms. The van der Waals surface area contributed by atoms with Crippen LogP contribution in [0.15, 0.2) is 28.2 Å². The van der Waals surface area contributed by atoms with Gasteiger partial charge in [-0.1, -0.05) is 6.07 Å². The number of carbonyl (C=O) groups is 1. The smallest absolute Gasteiger partial charge is 0.309 e. The summed E-state index contributed by atoms with van der Waals surface area (Å²) in [4.78, 5) is 19.4. The second kappa shape index (κ2) is 6.41. The molecule has 0 aliphatic carbocycles. The summed E-state index contributed by atoms with van der Waals surface area (Å²) in [5.74, 6) is 0.535. The molecule has 0 aromatic carbocycles. The van der Waals surface area contributed by atoms with Gasteiger partial charge in [0.25, 0.3) is 0 Å². The highest BCUT2D eigenvalue weighted by molar-refractivity contribution is 7.13.